The lowest BCUT2D eigenvalue weighted by atomic mass is 10.1. The lowest BCUT2D eigenvalue weighted by molar-refractivity contribution is 0.543. The fourth-order valence-electron chi connectivity index (χ4n) is 2.41. The molecule has 0 unspecified atom stereocenters. The average molecular weight is 292 g/mol. The molecular formula is C15H12N6O. The van der Waals surface area contributed by atoms with E-state index in [1.807, 2.05) is 42.5 Å². The number of aromatic nitrogens is 5. The van der Waals surface area contributed by atoms with Crippen LogP contribution in [0.15, 0.2) is 53.2 Å². The van der Waals surface area contributed by atoms with E-state index in [9.17, 15) is 0 Å². The molecular weight excluding hydrogens is 280 g/mol. The van der Waals surface area contributed by atoms with Crippen LogP contribution in [-0.4, -0.2) is 25.2 Å². The number of hydrogen-bond acceptors (Lipinski definition) is 6. The summed E-state index contributed by atoms with van der Waals surface area (Å²) in [5.41, 5.74) is 9.82. The number of nitrogens with zero attached hydrogens (tertiary/aromatic N) is 5. The van der Waals surface area contributed by atoms with Crippen LogP contribution in [0, 0.1) is 0 Å². The Morgan fingerprint density at radius 1 is 1.09 bits per heavy atom. The van der Waals surface area contributed by atoms with E-state index < -0.39 is 0 Å². The van der Waals surface area contributed by atoms with E-state index in [1.54, 1.807) is 11.0 Å². The Labute approximate surface area is 125 Å². The Balaban J connectivity index is 1.75. The number of hydrogen-bond donors (Lipinski definition) is 1. The lowest BCUT2D eigenvalue weighted by Gasteiger charge is -2.05. The molecule has 0 saturated carbocycles. The molecule has 4 aromatic rings. The normalized spacial score (nSPS) is 11.1. The number of fused-ring (bicyclic) bond motifs is 1. The second kappa shape index (κ2) is 4.96. The quantitative estimate of drug-likeness (QED) is 0.580. The van der Waals surface area contributed by atoms with Crippen molar-refractivity contribution in [2.45, 2.75) is 6.42 Å². The first kappa shape index (κ1) is 12.5. The minimum Gasteiger partial charge on any atom is -0.440 e. The maximum Gasteiger partial charge on any atom is 0.200 e. The van der Waals surface area contributed by atoms with Gasteiger partial charge in [-0.15, -0.1) is 5.10 Å². The summed E-state index contributed by atoms with van der Waals surface area (Å²) in [7, 11) is 0. The van der Waals surface area contributed by atoms with E-state index in [0.29, 0.717) is 29.1 Å². The van der Waals surface area contributed by atoms with Crippen LogP contribution in [0.1, 0.15) is 11.5 Å². The van der Waals surface area contributed by atoms with Gasteiger partial charge in [0.1, 0.15) is 11.8 Å². The third-order valence-corrected chi connectivity index (χ3v) is 3.42. The Hall–Kier alpha value is -3.22. The van der Waals surface area contributed by atoms with Gasteiger partial charge in [0.15, 0.2) is 11.5 Å². The number of nitrogens with two attached hydrogens (primary N) is 1. The molecule has 0 radical (unpaired) electrons. The fourth-order valence-corrected chi connectivity index (χ4v) is 2.41. The number of nitrogen functional groups attached to an aromatic ring is 1. The largest absolute Gasteiger partial charge is 0.440 e. The van der Waals surface area contributed by atoms with E-state index in [4.69, 9.17) is 10.2 Å². The molecule has 108 valence electrons. The highest BCUT2D eigenvalue weighted by Gasteiger charge is 2.12. The van der Waals surface area contributed by atoms with Crippen LogP contribution in [0.2, 0.25) is 0 Å². The first-order valence-corrected chi connectivity index (χ1v) is 6.76. The molecule has 0 aliphatic heterocycles. The van der Waals surface area contributed by atoms with Gasteiger partial charge in [-0.1, -0.05) is 24.3 Å². The van der Waals surface area contributed by atoms with Crippen molar-refractivity contribution in [2.75, 3.05) is 5.73 Å². The van der Waals surface area contributed by atoms with Crippen LogP contribution >= 0.6 is 0 Å². The van der Waals surface area contributed by atoms with Crippen LogP contribution in [0.25, 0.3) is 16.8 Å². The zero-order valence-corrected chi connectivity index (χ0v) is 11.5. The van der Waals surface area contributed by atoms with Crippen LogP contribution < -0.4 is 5.73 Å². The highest BCUT2D eigenvalue weighted by Crippen LogP contribution is 2.24. The number of oxazole rings is 1. The van der Waals surface area contributed by atoms with Gasteiger partial charge < -0.3 is 10.2 Å². The zero-order valence-electron chi connectivity index (χ0n) is 11.5. The van der Waals surface area contributed by atoms with E-state index >= 15 is 0 Å². The molecule has 4 rings (SSSR count). The van der Waals surface area contributed by atoms with Gasteiger partial charge in [0, 0.05) is 0 Å². The molecule has 0 aliphatic rings. The lowest BCUT2D eigenvalue weighted by Crippen LogP contribution is -2.01. The Morgan fingerprint density at radius 2 is 2.00 bits per heavy atom. The molecule has 7 heteroatoms. The van der Waals surface area contributed by atoms with Crippen molar-refractivity contribution in [3.63, 3.8) is 0 Å². The number of rotatable bonds is 3. The van der Waals surface area contributed by atoms with Crippen molar-refractivity contribution >= 4 is 16.8 Å². The zero-order chi connectivity index (χ0) is 14.9. The molecule has 0 atom stereocenters. The van der Waals surface area contributed by atoms with Gasteiger partial charge >= 0.3 is 0 Å². The Bertz CT molecular complexity index is 928. The van der Waals surface area contributed by atoms with Gasteiger partial charge in [0.25, 0.3) is 0 Å². The smallest absolute Gasteiger partial charge is 0.200 e. The monoisotopic (exact) mass is 292 g/mol. The van der Waals surface area contributed by atoms with Crippen molar-refractivity contribution in [3.8, 4) is 5.69 Å². The SMILES string of the molecule is Nc1cccc2oc(Cc3ccccc3-n3cnnn3)nc12. The first-order chi connectivity index (χ1) is 10.8. The van der Waals surface area contributed by atoms with E-state index in [0.717, 1.165) is 11.3 Å². The summed E-state index contributed by atoms with van der Waals surface area (Å²) in [5.74, 6) is 0.605. The minimum absolute atomic E-state index is 0.532. The van der Waals surface area contributed by atoms with Gasteiger partial charge in [-0.05, 0) is 34.2 Å². The maximum absolute atomic E-state index is 5.92. The summed E-state index contributed by atoms with van der Waals surface area (Å²) in [6, 6.07) is 13.4. The van der Waals surface area contributed by atoms with Crippen molar-refractivity contribution in [3.05, 3.63) is 60.2 Å². The molecule has 0 amide bonds. The predicted molar refractivity (Wildman–Crippen MR) is 80.4 cm³/mol. The number of tetrazole rings is 1. The molecule has 2 aromatic heterocycles. The van der Waals surface area contributed by atoms with Crippen molar-refractivity contribution in [1.29, 1.82) is 0 Å². The molecule has 22 heavy (non-hydrogen) atoms. The summed E-state index contributed by atoms with van der Waals surface area (Å²) in [5, 5.41) is 11.3. The summed E-state index contributed by atoms with van der Waals surface area (Å²) in [6.07, 6.45) is 2.09. The molecule has 0 aliphatic carbocycles. The summed E-state index contributed by atoms with van der Waals surface area (Å²) in [6.45, 7) is 0. The van der Waals surface area contributed by atoms with Crippen LogP contribution in [0.4, 0.5) is 5.69 Å². The molecule has 2 N–H and O–H groups in total. The molecule has 0 bridgehead atoms. The molecule has 2 heterocycles. The van der Waals surface area contributed by atoms with Gasteiger partial charge in [-0.25, -0.2) is 9.67 Å². The summed E-state index contributed by atoms with van der Waals surface area (Å²) >= 11 is 0. The third kappa shape index (κ3) is 2.08. The van der Waals surface area contributed by atoms with Gasteiger partial charge in [0.2, 0.25) is 0 Å². The van der Waals surface area contributed by atoms with Gasteiger partial charge in [-0.2, -0.15) is 0 Å². The Kier molecular flexibility index (Phi) is 2.82. The van der Waals surface area contributed by atoms with Crippen molar-refractivity contribution in [1.82, 2.24) is 25.2 Å². The van der Waals surface area contributed by atoms with Gasteiger partial charge in [0.05, 0.1) is 17.8 Å². The van der Waals surface area contributed by atoms with Crippen molar-refractivity contribution < 1.29 is 4.42 Å². The highest BCUT2D eigenvalue weighted by atomic mass is 16.3. The minimum atomic E-state index is 0.532. The van der Waals surface area contributed by atoms with Crippen LogP contribution in [-0.2, 0) is 6.42 Å². The molecule has 0 spiro atoms. The topological polar surface area (TPSA) is 95.7 Å². The van der Waals surface area contributed by atoms with Gasteiger partial charge in [-0.3, -0.25) is 0 Å². The summed E-state index contributed by atoms with van der Waals surface area (Å²) < 4.78 is 7.39. The van der Waals surface area contributed by atoms with E-state index in [2.05, 4.69) is 20.5 Å². The number of anilines is 1. The second-order valence-corrected chi connectivity index (χ2v) is 4.86. The van der Waals surface area contributed by atoms with Crippen LogP contribution in [0.5, 0.6) is 0 Å². The van der Waals surface area contributed by atoms with E-state index in [1.165, 1.54) is 0 Å². The number of benzene rings is 2. The van der Waals surface area contributed by atoms with Crippen LogP contribution in [0.3, 0.4) is 0 Å². The maximum atomic E-state index is 5.92. The standard InChI is InChI=1S/C15H12N6O/c16-11-5-3-7-13-15(11)18-14(22-13)8-10-4-1-2-6-12(10)21-9-17-19-20-21/h1-7,9H,8,16H2. The molecule has 0 saturated heterocycles. The molecule has 2 aromatic carbocycles. The fraction of sp³-hybridized carbons (Fsp3) is 0.0667. The molecule has 0 fully saturated rings. The second-order valence-electron chi connectivity index (χ2n) is 4.86. The Morgan fingerprint density at radius 3 is 2.82 bits per heavy atom. The summed E-state index contributed by atoms with van der Waals surface area (Å²) in [4.78, 5) is 4.48. The molecule has 7 nitrogen and oxygen atoms in total. The van der Waals surface area contributed by atoms with Crippen molar-refractivity contribution in [2.24, 2.45) is 0 Å². The number of para-hydroxylation sites is 2. The third-order valence-electron chi connectivity index (χ3n) is 3.42. The first-order valence-electron chi connectivity index (χ1n) is 6.76. The van der Waals surface area contributed by atoms with E-state index in [-0.39, 0.29) is 0 Å². The average Bonchev–Trinajstić information content (AvgIpc) is 3.17. The predicted octanol–water partition coefficient (Wildman–Crippen LogP) is 1.98. The highest BCUT2D eigenvalue weighted by molar-refractivity contribution is 5.85.